The Morgan fingerprint density at radius 1 is 1.19 bits per heavy atom. The molecule has 90 valence electrons. The number of ether oxygens (including phenoxy) is 2. The van der Waals surface area contributed by atoms with Crippen molar-refractivity contribution in [3.8, 4) is 17.2 Å². The molecule has 0 radical (unpaired) electrons. The molecule has 0 aliphatic rings. The second-order valence-electron chi connectivity index (χ2n) is 4.27. The van der Waals surface area contributed by atoms with Gasteiger partial charge in [-0.2, -0.15) is 0 Å². The Kier molecular flexibility index (Phi) is 3.65. The molecule has 0 saturated heterocycles. The lowest BCUT2D eigenvalue weighted by atomic mass is 9.84. The number of hydrogen-bond acceptors (Lipinski definition) is 4. The summed E-state index contributed by atoms with van der Waals surface area (Å²) in [5, 5.41) is 18.9. The lowest BCUT2D eigenvalue weighted by Gasteiger charge is -2.25. The van der Waals surface area contributed by atoms with E-state index in [-0.39, 0.29) is 12.4 Å². The molecule has 4 heteroatoms. The minimum atomic E-state index is -0.503. The number of aromatic hydroxyl groups is 1. The number of aliphatic hydroxyl groups is 1. The number of rotatable bonds is 4. The predicted octanol–water partition coefficient (Wildman–Crippen LogP) is 1.68. The lowest BCUT2D eigenvalue weighted by Crippen LogP contribution is -2.23. The second kappa shape index (κ2) is 4.61. The van der Waals surface area contributed by atoms with Gasteiger partial charge >= 0.3 is 0 Å². The molecule has 0 aliphatic heterocycles. The van der Waals surface area contributed by atoms with Crippen molar-refractivity contribution in [2.75, 3.05) is 20.8 Å². The van der Waals surface area contributed by atoms with Crippen molar-refractivity contribution in [2.24, 2.45) is 0 Å². The molecule has 2 N–H and O–H groups in total. The van der Waals surface area contributed by atoms with Crippen molar-refractivity contribution in [1.82, 2.24) is 0 Å². The van der Waals surface area contributed by atoms with Gasteiger partial charge in [-0.15, -0.1) is 0 Å². The van der Waals surface area contributed by atoms with Crippen LogP contribution in [0.15, 0.2) is 12.1 Å². The van der Waals surface area contributed by atoms with Gasteiger partial charge in [-0.25, -0.2) is 0 Å². The topological polar surface area (TPSA) is 58.9 Å². The van der Waals surface area contributed by atoms with E-state index in [4.69, 9.17) is 9.47 Å². The van der Waals surface area contributed by atoms with Crippen molar-refractivity contribution in [2.45, 2.75) is 19.3 Å². The summed E-state index contributed by atoms with van der Waals surface area (Å²) in [6.45, 7) is 3.68. The molecule has 1 aromatic carbocycles. The summed E-state index contributed by atoms with van der Waals surface area (Å²) in [4.78, 5) is 0. The maximum Gasteiger partial charge on any atom is 0.164 e. The van der Waals surface area contributed by atoms with Crippen LogP contribution in [0, 0.1) is 0 Å². The molecular formula is C12H18O4. The molecule has 0 spiro atoms. The normalized spacial score (nSPS) is 11.3. The zero-order valence-corrected chi connectivity index (χ0v) is 10.1. The van der Waals surface area contributed by atoms with Crippen LogP contribution in [0.25, 0.3) is 0 Å². The van der Waals surface area contributed by atoms with Crippen molar-refractivity contribution in [1.29, 1.82) is 0 Å². The molecule has 0 saturated carbocycles. The maximum atomic E-state index is 9.59. The summed E-state index contributed by atoms with van der Waals surface area (Å²) in [6, 6.07) is 3.06. The lowest BCUT2D eigenvalue weighted by molar-refractivity contribution is 0.213. The fraction of sp³-hybridized carbons (Fsp3) is 0.500. The zero-order chi connectivity index (χ0) is 12.3. The van der Waals surface area contributed by atoms with Gasteiger partial charge in [0.1, 0.15) is 5.75 Å². The monoisotopic (exact) mass is 226 g/mol. The number of methoxy groups -OCH3 is 2. The van der Waals surface area contributed by atoms with Gasteiger partial charge in [-0.05, 0) is 6.07 Å². The largest absolute Gasteiger partial charge is 0.508 e. The summed E-state index contributed by atoms with van der Waals surface area (Å²) in [5.74, 6) is 1.09. The van der Waals surface area contributed by atoms with Gasteiger partial charge < -0.3 is 19.7 Å². The van der Waals surface area contributed by atoms with Crippen molar-refractivity contribution < 1.29 is 19.7 Å². The minimum Gasteiger partial charge on any atom is -0.508 e. The van der Waals surface area contributed by atoms with Crippen molar-refractivity contribution in [3.63, 3.8) is 0 Å². The van der Waals surface area contributed by atoms with Crippen LogP contribution in [0.1, 0.15) is 19.4 Å². The highest BCUT2D eigenvalue weighted by Gasteiger charge is 2.26. The van der Waals surface area contributed by atoms with Gasteiger partial charge in [-0.1, -0.05) is 13.8 Å². The van der Waals surface area contributed by atoms with E-state index in [1.807, 2.05) is 13.8 Å². The van der Waals surface area contributed by atoms with Gasteiger partial charge in [0.25, 0.3) is 0 Å². The van der Waals surface area contributed by atoms with Crippen LogP contribution >= 0.6 is 0 Å². The summed E-state index contributed by atoms with van der Waals surface area (Å²) in [5.41, 5.74) is 0.214. The van der Waals surface area contributed by atoms with E-state index in [1.165, 1.54) is 20.3 Å². The SMILES string of the molecule is COc1cc(O)cc(C(C)(C)CO)c1OC. The Bertz CT molecular complexity index is 372. The quantitative estimate of drug-likeness (QED) is 0.820. The number of phenols is 1. The van der Waals surface area contributed by atoms with E-state index in [9.17, 15) is 10.2 Å². The van der Waals surface area contributed by atoms with Crippen LogP contribution in [-0.4, -0.2) is 31.0 Å². The first-order chi connectivity index (χ1) is 7.46. The van der Waals surface area contributed by atoms with Gasteiger partial charge in [-0.3, -0.25) is 0 Å². The molecule has 0 bridgehead atoms. The summed E-state index contributed by atoms with van der Waals surface area (Å²) < 4.78 is 10.4. The average Bonchev–Trinajstić information content (AvgIpc) is 2.27. The van der Waals surface area contributed by atoms with E-state index in [0.717, 1.165) is 0 Å². The van der Waals surface area contributed by atoms with Gasteiger partial charge in [0.2, 0.25) is 0 Å². The fourth-order valence-corrected chi connectivity index (χ4v) is 1.54. The number of aliphatic hydroxyl groups excluding tert-OH is 1. The molecule has 4 nitrogen and oxygen atoms in total. The van der Waals surface area contributed by atoms with E-state index in [2.05, 4.69) is 0 Å². The van der Waals surface area contributed by atoms with Gasteiger partial charge in [0.05, 0.1) is 20.8 Å². The Balaban J connectivity index is 3.42. The van der Waals surface area contributed by atoms with Crippen molar-refractivity contribution >= 4 is 0 Å². The molecule has 16 heavy (non-hydrogen) atoms. The molecule has 0 aliphatic carbocycles. The molecule has 0 heterocycles. The number of hydrogen-bond donors (Lipinski definition) is 2. The van der Waals surface area contributed by atoms with E-state index < -0.39 is 5.41 Å². The number of phenolic OH excluding ortho intramolecular Hbond substituents is 1. The molecule has 1 rings (SSSR count). The highest BCUT2D eigenvalue weighted by Crippen LogP contribution is 2.41. The van der Waals surface area contributed by atoms with Crippen LogP contribution < -0.4 is 9.47 Å². The van der Waals surface area contributed by atoms with Gasteiger partial charge in [0.15, 0.2) is 11.5 Å². The first-order valence-electron chi connectivity index (χ1n) is 5.02. The zero-order valence-electron chi connectivity index (χ0n) is 10.1. The molecule has 0 atom stereocenters. The first-order valence-corrected chi connectivity index (χ1v) is 5.02. The standard InChI is InChI=1S/C12H18O4/c1-12(2,7-13)9-5-8(14)6-10(15-3)11(9)16-4/h5-6,13-14H,7H2,1-4H3. The van der Waals surface area contributed by atoms with Gasteiger partial charge in [0, 0.05) is 17.0 Å². The third kappa shape index (κ3) is 2.22. The van der Waals surface area contributed by atoms with E-state index in [1.54, 1.807) is 6.07 Å². The minimum absolute atomic E-state index is 0.0457. The molecule has 0 amide bonds. The van der Waals surface area contributed by atoms with Crippen LogP contribution in [0.5, 0.6) is 17.2 Å². The molecule has 0 unspecified atom stereocenters. The average molecular weight is 226 g/mol. The Hall–Kier alpha value is -1.42. The van der Waals surface area contributed by atoms with Crippen LogP contribution in [0.4, 0.5) is 0 Å². The Morgan fingerprint density at radius 2 is 1.81 bits per heavy atom. The van der Waals surface area contributed by atoms with Crippen molar-refractivity contribution in [3.05, 3.63) is 17.7 Å². The Labute approximate surface area is 95.4 Å². The summed E-state index contributed by atoms with van der Waals surface area (Å²) in [6.07, 6.45) is 0. The molecular weight excluding hydrogens is 208 g/mol. The van der Waals surface area contributed by atoms with E-state index >= 15 is 0 Å². The molecule has 0 fully saturated rings. The highest BCUT2D eigenvalue weighted by molar-refractivity contribution is 5.54. The predicted molar refractivity (Wildman–Crippen MR) is 61.3 cm³/mol. The smallest absolute Gasteiger partial charge is 0.164 e. The summed E-state index contributed by atoms with van der Waals surface area (Å²) >= 11 is 0. The third-order valence-corrected chi connectivity index (χ3v) is 2.59. The van der Waals surface area contributed by atoms with Crippen LogP contribution in [-0.2, 0) is 5.41 Å². The first kappa shape index (κ1) is 12.6. The third-order valence-electron chi connectivity index (χ3n) is 2.59. The molecule has 1 aromatic rings. The van der Waals surface area contributed by atoms with Crippen LogP contribution in [0.3, 0.4) is 0 Å². The Morgan fingerprint density at radius 3 is 2.25 bits per heavy atom. The molecule has 0 aromatic heterocycles. The fourth-order valence-electron chi connectivity index (χ4n) is 1.54. The summed E-state index contributed by atoms with van der Waals surface area (Å²) in [7, 11) is 3.04. The number of benzene rings is 1. The van der Waals surface area contributed by atoms with E-state index in [0.29, 0.717) is 17.1 Å². The highest BCUT2D eigenvalue weighted by atomic mass is 16.5. The second-order valence-corrected chi connectivity index (χ2v) is 4.27. The maximum absolute atomic E-state index is 9.59. The van der Waals surface area contributed by atoms with Crippen LogP contribution in [0.2, 0.25) is 0 Å².